The van der Waals surface area contributed by atoms with Gasteiger partial charge >= 0.3 is 0 Å². The SMILES string of the molecule is CCCCCc1ccc(C(=O)N[C@@H]2CCCC[C@H]2NC(=O)c2csc(COc3ccc(C(C)C)cc3)n2)cc1. The second-order valence-corrected chi connectivity index (χ2v) is 11.7. The summed E-state index contributed by atoms with van der Waals surface area (Å²) in [4.78, 5) is 30.5. The number of ether oxygens (including phenoxy) is 1. The molecule has 39 heavy (non-hydrogen) atoms. The van der Waals surface area contributed by atoms with E-state index in [4.69, 9.17) is 4.74 Å². The summed E-state index contributed by atoms with van der Waals surface area (Å²) < 4.78 is 5.87. The van der Waals surface area contributed by atoms with Crippen LogP contribution in [0.25, 0.3) is 0 Å². The molecule has 3 aromatic rings. The largest absolute Gasteiger partial charge is 0.486 e. The van der Waals surface area contributed by atoms with E-state index in [0.717, 1.165) is 42.9 Å². The lowest BCUT2D eigenvalue weighted by Crippen LogP contribution is -2.53. The van der Waals surface area contributed by atoms with Gasteiger partial charge in [-0.15, -0.1) is 11.3 Å². The fourth-order valence-electron chi connectivity index (χ4n) is 4.95. The number of nitrogens with one attached hydrogen (secondary N) is 2. The zero-order valence-electron chi connectivity index (χ0n) is 23.4. The minimum Gasteiger partial charge on any atom is -0.486 e. The minimum atomic E-state index is -0.207. The van der Waals surface area contributed by atoms with Crippen LogP contribution in [-0.2, 0) is 13.0 Å². The highest BCUT2D eigenvalue weighted by molar-refractivity contribution is 7.09. The molecule has 1 aliphatic carbocycles. The molecule has 0 saturated heterocycles. The fourth-order valence-corrected chi connectivity index (χ4v) is 5.63. The number of carbonyl (C=O) groups excluding carboxylic acids is 2. The van der Waals surface area contributed by atoms with Gasteiger partial charge in [-0.1, -0.05) is 70.7 Å². The quantitative estimate of drug-likeness (QED) is 0.238. The summed E-state index contributed by atoms with van der Waals surface area (Å²) in [6.07, 6.45) is 8.37. The third-order valence-electron chi connectivity index (χ3n) is 7.38. The Kier molecular flexibility index (Phi) is 10.5. The lowest BCUT2D eigenvalue weighted by atomic mass is 9.90. The maximum absolute atomic E-state index is 13.0. The molecule has 4 rings (SSSR count). The van der Waals surface area contributed by atoms with Gasteiger partial charge in [0, 0.05) is 23.0 Å². The Morgan fingerprint density at radius 2 is 1.62 bits per heavy atom. The van der Waals surface area contributed by atoms with Crippen LogP contribution in [0.4, 0.5) is 0 Å². The van der Waals surface area contributed by atoms with Crippen LogP contribution >= 0.6 is 11.3 Å². The number of amides is 2. The van der Waals surface area contributed by atoms with Gasteiger partial charge in [0.05, 0.1) is 0 Å². The molecule has 1 aromatic heterocycles. The molecule has 0 radical (unpaired) electrons. The molecule has 6 nitrogen and oxygen atoms in total. The second kappa shape index (κ2) is 14.3. The average molecular weight is 548 g/mol. The van der Waals surface area contributed by atoms with Crippen molar-refractivity contribution in [3.05, 3.63) is 81.3 Å². The van der Waals surface area contributed by atoms with Crippen LogP contribution in [0.15, 0.2) is 53.9 Å². The molecule has 0 bridgehead atoms. The van der Waals surface area contributed by atoms with Gasteiger partial charge < -0.3 is 15.4 Å². The number of aromatic nitrogens is 1. The highest BCUT2D eigenvalue weighted by Gasteiger charge is 2.29. The van der Waals surface area contributed by atoms with E-state index in [2.05, 4.69) is 60.7 Å². The molecule has 1 saturated carbocycles. The predicted octanol–water partition coefficient (Wildman–Crippen LogP) is 7.05. The monoisotopic (exact) mass is 547 g/mol. The molecule has 2 aromatic carbocycles. The Morgan fingerprint density at radius 3 is 2.26 bits per heavy atom. The van der Waals surface area contributed by atoms with Crippen molar-refractivity contribution in [2.24, 2.45) is 0 Å². The summed E-state index contributed by atoms with van der Waals surface area (Å²) in [7, 11) is 0. The van der Waals surface area contributed by atoms with E-state index in [1.807, 2.05) is 24.3 Å². The topological polar surface area (TPSA) is 80.3 Å². The number of hydrogen-bond acceptors (Lipinski definition) is 5. The first-order chi connectivity index (χ1) is 18.9. The van der Waals surface area contributed by atoms with Gasteiger partial charge in [0.2, 0.25) is 0 Å². The summed E-state index contributed by atoms with van der Waals surface area (Å²) in [5.74, 6) is 0.965. The van der Waals surface area contributed by atoms with Gasteiger partial charge in [0.25, 0.3) is 11.8 Å². The smallest absolute Gasteiger partial charge is 0.271 e. The number of thiazole rings is 1. The third kappa shape index (κ3) is 8.40. The van der Waals surface area contributed by atoms with Gasteiger partial charge in [-0.3, -0.25) is 9.59 Å². The zero-order chi connectivity index (χ0) is 27.6. The van der Waals surface area contributed by atoms with E-state index in [9.17, 15) is 9.59 Å². The standard InChI is InChI=1S/C32H41N3O3S/c1-4-5-6-9-23-12-14-25(15-13-23)31(36)34-27-10-7-8-11-28(27)35-32(37)29-21-39-30(33-29)20-38-26-18-16-24(17-19-26)22(2)3/h12-19,21-22,27-28H,4-11,20H2,1-3H3,(H,34,36)(H,35,37)/t27-,28-/m1/s1. The molecule has 0 unspecified atom stereocenters. The summed E-state index contributed by atoms with van der Waals surface area (Å²) in [5.41, 5.74) is 3.58. The van der Waals surface area contributed by atoms with Gasteiger partial charge in [-0.05, 0) is 67.0 Å². The molecule has 2 atom stereocenters. The number of hydrogen-bond donors (Lipinski definition) is 2. The van der Waals surface area contributed by atoms with Gasteiger partial charge in [0.15, 0.2) is 0 Å². The first-order valence-corrected chi connectivity index (χ1v) is 15.2. The molecule has 0 spiro atoms. The minimum absolute atomic E-state index is 0.0872. The third-order valence-corrected chi connectivity index (χ3v) is 8.20. The normalized spacial score (nSPS) is 17.1. The van der Waals surface area contributed by atoms with E-state index in [0.29, 0.717) is 23.8 Å². The number of rotatable bonds is 12. The van der Waals surface area contributed by atoms with Gasteiger partial charge in [-0.25, -0.2) is 4.98 Å². The van der Waals surface area contributed by atoms with Gasteiger partial charge in [0.1, 0.15) is 23.1 Å². The van der Waals surface area contributed by atoms with Crippen molar-refractivity contribution in [2.75, 3.05) is 0 Å². The number of nitrogens with zero attached hydrogens (tertiary/aromatic N) is 1. The number of carbonyl (C=O) groups is 2. The highest BCUT2D eigenvalue weighted by Crippen LogP contribution is 2.22. The number of benzene rings is 2. The summed E-state index contributed by atoms with van der Waals surface area (Å²) in [6.45, 7) is 6.84. The average Bonchev–Trinajstić information content (AvgIpc) is 3.43. The fraction of sp³-hybridized carbons (Fsp3) is 0.469. The number of aryl methyl sites for hydroxylation is 1. The van der Waals surface area contributed by atoms with E-state index < -0.39 is 0 Å². The van der Waals surface area contributed by atoms with Crippen LogP contribution in [0, 0.1) is 0 Å². The zero-order valence-corrected chi connectivity index (χ0v) is 24.2. The Labute approximate surface area is 236 Å². The molecule has 1 heterocycles. The van der Waals surface area contributed by atoms with Crippen molar-refractivity contribution in [3.63, 3.8) is 0 Å². The molecule has 1 fully saturated rings. The van der Waals surface area contributed by atoms with E-state index in [1.165, 1.54) is 41.7 Å². The molecule has 0 aliphatic heterocycles. The van der Waals surface area contributed by atoms with Crippen LogP contribution in [0.3, 0.4) is 0 Å². The molecule has 2 N–H and O–H groups in total. The first kappa shape index (κ1) is 28.8. The van der Waals surface area contributed by atoms with E-state index in [1.54, 1.807) is 5.38 Å². The van der Waals surface area contributed by atoms with Crippen LogP contribution in [0.2, 0.25) is 0 Å². The van der Waals surface area contributed by atoms with Crippen molar-refractivity contribution in [3.8, 4) is 5.75 Å². The number of unbranched alkanes of at least 4 members (excludes halogenated alkanes) is 2. The maximum Gasteiger partial charge on any atom is 0.271 e. The van der Waals surface area contributed by atoms with Crippen LogP contribution in [0.1, 0.15) is 109 Å². The lowest BCUT2D eigenvalue weighted by molar-refractivity contribution is 0.0860. The second-order valence-electron chi connectivity index (χ2n) is 10.7. The summed E-state index contributed by atoms with van der Waals surface area (Å²) >= 11 is 1.42. The molecular weight excluding hydrogens is 506 g/mol. The first-order valence-electron chi connectivity index (χ1n) is 14.3. The van der Waals surface area contributed by atoms with Crippen molar-refractivity contribution in [1.82, 2.24) is 15.6 Å². The van der Waals surface area contributed by atoms with Crippen molar-refractivity contribution < 1.29 is 14.3 Å². The van der Waals surface area contributed by atoms with Crippen LogP contribution in [-0.4, -0.2) is 28.9 Å². The maximum atomic E-state index is 13.0. The van der Waals surface area contributed by atoms with Crippen molar-refractivity contribution in [2.45, 2.75) is 96.7 Å². The molecular formula is C32H41N3O3S. The van der Waals surface area contributed by atoms with E-state index in [-0.39, 0.29) is 23.9 Å². The molecule has 1 aliphatic rings. The molecule has 2 amide bonds. The Morgan fingerprint density at radius 1 is 0.949 bits per heavy atom. The van der Waals surface area contributed by atoms with Crippen molar-refractivity contribution in [1.29, 1.82) is 0 Å². The van der Waals surface area contributed by atoms with Crippen LogP contribution < -0.4 is 15.4 Å². The van der Waals surface area contributed by atoms with Crippen LogP contribution in [0.5, 0.6) is 5.75 Å². The summed E-state index contributed by atoms with van der Waals surface area (Å²) in [6, 6.07) is 15.8. The molecule has 7 heteroatoms. The Balaban J connectivity index is 1.29. The highest BCUT2D eigenvalue weighted by atomic mass is 32.1. The van der Waals surface area contributed by atoms with E-state index >= 15 is 0 Å². The predicted molar refractivity (Wildman–Crippen MR) is 158 cm³/mol. The lowest BCUT2D eigenvalue weighted by Gasteiger charge is -2.32. The Bertz CT molecular complexity index is 1200. The van der Waals surface area contributed by atoms with Gasteiger partial charge in [-0.2, -0.15) is 0 Å². The Hall–Kier alpha value is -3.19. The molecule has 208 valence electrons. The van der Waals surface area contributed by atoms with Crippen molar-refractivity contribution >= 4 is 23.2 Å². The summed E-state index contributed by atoms with van der Waals surface area (Å²) in [5, 5.41) is 8.83.